The zero-order valence-electron chi connectivity index (χ0n) is 14.9. The van der Waals surface area contributed by atoms with Crippen molar-refractivity contribution in [1.29, 1.82) is 0 Å². The van der Waals surface area contributed by atoms with E-state index >= 15 is 0 Å². The van der Waals surface area contributed by atoms with E-state index < -0.39 is 22.9 Å². The molecule has 9 nitrogen and oxygen atoms in total. The second-order valence-corrected chi connectivity index (χ2v) is 5.41. The first-order chi connectivity index (χ1) is 12.8. The molecule has 0 heterocycles. The lowest BCUT2D eigenvalue weighted by atomic mass is 10.2. The van der Waals surface area contributed by atoms with Gasteiger partial charge in [0.05, 0.1) is 36.5 Å². The van der Waals surface area contributed by atoms with Crippen LogP contribution in [0.1, 0.15) is 17.3 Å². The van der Waals surface area contributed by atoms with Crippen LogP contribution in [0.15, 0.2) is 42.5 Å². The maximum atomic E-state index is 12.3. The molecule has 0 aliphatic carbocycles. The Morgan fingerprint density at radius 1 is 1.07 bits per heavy atom. The molecular formula is C18H18N2O7. The second kappa shape index (κ2) is 8.65. The van der Waals surface area contributed by atoms with Crippen molar-refractivity contribution in [3.05, 3.63) is 58.1 Å². The molecule has 2 aromatic carbocycles. The number of amides is 1. The third-order valence-corrected chi connectivity index (χ3v) is 3.63. The Morgan fingerprint density at radius 2 is 1.74 bits per heavy atom. The number of ether oxygens (including phenoxy) is 3. The molecule has 0 spiro atoms. The number of methoxy groups -OCH3 is 2. The highest BCUT2D eigenvalue weighted by Gasteiger charge is 2.21. The first kappa shape index (κ1) is 19.7. The van der Waals surface area contributed by atoms with Gasteiger partial charge in [-0.05, 0) is 37.3 Å². The highest BCUT2D eigenvalue weighted by Crippen LogP contribution is 2.29. The zero-order valence-corrected chi connectivity index (χ0v) is 14.9. The minimum atomic E-state index is -1.10. The summed E-state index contributed by atoms with van der Waals surface area (Å²) in [5.41, 5.74) is 0.313. The van der Waals surface area contributed by atoms with E-state index in [1.807, 2.05) is 0 Å². The van der Waals surface area contributed by atoms with Crippen molar-refractivity contribution in [3.8, 4) is 11.5 Å². The van der Waals surface area contributed by atoms with E-state index in [0.717, 1.165) is 0 Å². The van der Waals surface area contributed by atoms with Crippen molar-refractivity contribution < 1.29 is 28.7 Å². The van der Waals surface area contributed by atoms with Gasteiger partial charge in [0.1, 0.15) is 11.5 Å². The van der Waals surface area contributed by atoms with Crippen molar-refractivity contribution in [2.75, 3.05) is 19.5 Å². The number of nitrogens with zero attached hydrogens (tertiary/aromatic N) is 1. The number of nitro groups is 1. The van der Waals surface area contributed by atoms with Gasteiger partial charge in [0.15, 0.2) is 6.10 Å². The van der Waals surface area contributed by atoms with Crippen molar-refractivity contribution in [3.63, 3.8) is 0 Å². The van der Waals surface area contributed by atoms with Crippen LogP contribution in [0.25, 0.3) is 0 Å². The van der Waals surface area contributed by atoms with Crippen LogP contribution in [0.2, 0.25) is 0 Å². The van der Waals surface area contributed by atoms with Gasteiger partial charge in [-0.25, -0.2) is 4.79 Å². The first-order valence-electron chi connectivity index (χ1n) is 7.84. The molecule has 0 unspecified atom stereocenters. The van der Waals surface area contributed by atoms with Crippen LogP contribution in [-0.2, 0) is 9.53 Å². The number of benzene rings is 2. The SMILES string of the molecule is COc1ccc(C(=O)O[C@@H](C)C(=O)Nc2ccc([N+](=O)[O-])cc2OC)cc1. The molecule has 9 heteroatoms. The lowest BCUT2D eigenvalue weighted by molar-refractivity contribution is -0.384. The minimum absolute atomic E-state index is 0.117. The maximum absolute atomic E-state index is 12.3. The Kier molecular flexibility index (Phi) is 6.32. The standard InChI is InChI=1S/C18H18N2O7/c1-11(27-18(22)12-4-7-14(25-2)8-5-12)17(21)19-15-9-6-13(20(23)24)10-16(15)26-3/h4-11H,1-3H3,(H,19,21)/t11-/m0/s1. The molecular weight excluding hydrogens is 356 g/mol. The second-order valence-electron chi connectivity index (χ2n) is 5.41. The average Bonchev–Trinajstić information content (AvgIpc) is 2.67. The van der Waals surface area contributed by atoms with Gasteiger partial charge in [-0.2, -0.15) is 0 Å². The van der Waals surface area contributed by atoms with Gasteiger partial charge in [0.2, 0.25) is 0 Å². The number of hydrogen-bond acceptors (Lipinski definition) is 7. The maximum Gasteiger partial charge on any atom is 0.338 e. The van der Waals surface area contributed by atoms with Gasteiger partial charge in [-0.1, -0.05) is 0 Å². The predicted octanol–water partition coefficient (Wildman–Crippen LogP) is 2.80. The lowest BCUT2D eigenvalue weighted by Crippen LogP contribution is -2.30. The number of rotatable bonds is 7. The summed E-state index contributed by atoms with van der Waals surface area (Å²) in [7, 11) is 2.83. The minimum Gasteiger partial charge on any atom is -0.497 e. The Balaban J connectivity index is 2.04. The highest BCUT2D eigenvalue weighted by atomic mass is 16.6. The Hall–Kier alpha value is -3.62. The summed E-state index contributed by atoms with van der Waals surface area (Å²) in [6, 6.07) is 9.99. The van der Waals surface area contributed by atoms with Crippen LogP contribution >= 0.6 is 0 Å². The van der Waals surface area contributed by atoms with Crippen LogP contribution in [0.3, 0.4) is 0 Å². The lowest BCUT2D eigenvalue weighted by Gasteiger charge is -2.15. The number of esters is 1. The fourth-order valence-corrected chi connectivity index (χ4v) is 2.14. The number of carbonyl (C=O) groups is 2. The Labute approximate surface area is 155 Å². The molecule has 0 aliphatic rings. The molecule has 0 bridgehead atoms. The summed E-state index contributed by atoms with van der Waals surface area (Å²) >= 11 is 0. The van der Waals surface area contributed by atoms with Crippen molar-refractivity contribution in [1.82, 2.24) is 0 Å². The summed E-state index contributed by atoms with van der Waals surface area (Å²) in [4.78, 5) is 34.6. The molecule has 0 aromatic heterocycles. The molecule has 0 aliphatic heterocycles. The molecule has 0 saturated carbocycles. The number of nitro benzene ring substituents is 1. The normalized spacial score (nSPS) is 11.2. The summed E-state index contributed by atoms with van der Waals surface area (Å²) in [6.07, 6.45) is -1.10. The van der Waals surface area contributed by atoms with E-state index in [0.29, 0.717) is 5.75 Å². The third kappa shape index (κ3) is 4.94. The van der Waals surface area contributed by atoms with Crippen LogP contribution in [-0.4, -0.2) is 37.1 Å². The van der Waals surface area contributed by atoms with Crippen LogP contribution in [0.5, 0.6) is 11.5 Å². The van der Waals surface area contributed by atoms with E-state index in [1.54, 1.807) is 12.1 Å². The van der Waals surface area contributed by atoms with E-state index in [4.69, 9.17) is 14.2 Å². The molecule has 0 fully saturated rings. The molecule has 0 saturated heterocycles. The van der Waals surface area contributed by atoms with Gasteiger partial charge in [0, 0.05) is 6.07 Å². The molecule has 1 amide bonds. The van der Waals surface area contributed by atoms with E-state index in [-0.39, 0.29) is 22.7 Å². The summed E-state index contributed by atoms with van der Waals surface area (Å²) < 4.78 is 15.2. The Bertz CT molecular complexity index is 849. The van der Waals surface area contributed by atoms with Crippen LogP contribution < -0.4 is 14.8 Å². The number of hydrogen-bond donors (Lipinski definition) is 1. The fraction of sp³-hybridized carbons (Fsp3) is 0.222. The van der Waals surface area contributed by atoms with E-state index in [1.165, 1.54) is 51.5 Å². The fourth-order valence-electron chi connectivity index (χ4n) is 2.14. The van der Waals surface area contributed by atoms with Gasteiger partial charge in [-0.3, -0.25) is 14.9 Å². The molecule has 27 heavy (non-hydrogen) atoms. The molecule has 1 N–H and O–H groups in total. The topological polar surface area (TPSA) is 117 Å². The van der Waals surface area contributed by atoms with Crippen molar-refractivity contribution >= 4 is 23.3 Å². The molecule has 2 aromatic rings. The summed E-state index contributed by atoms with van der Waals surface area (Å²) in [6.45, 7) is 1.41. The number of carbonyl (C=O) groups excluding carboxylic acids is 2. The Morgan fingerprint density at radius 3 is 2.30 bits per heavy atom. The summed E-state index contributed by atoms with van der Waals surface area (Å²) in [5, 5.41) is 13.3. The predicted molar refractivity (Wildman–Crippen MR) is 96.1 cm³/mol. The molecule has 1 atom stereocenters. The number of anilines is 1. The molecule has 2 rings (SSSR count). The van der Waals surface area contributed by atoms with Crippen molar-refractivity contribution in [2.45, 2.75) is 13.0 Å². The van der Waals surface area contributed by atoms with E-state index in [9.17, 15) is 19.7 Å². The summed E-state index contributed by atoms with van der Waals surface area (Å²) in [5.74, 6) is -0.575. The van der Waals surface area contributed by atoms with E-state index in [2.05, 4.69) is 5.32 Å². The number of nitrogens with one attached hydrogen (secondary N) is 1. The average molecular weight is 374 g/mol. The number of non-ortho nitro benzene ring substituents is 1. The van der Waals surface area contributed by atoms with Gasteiger partial charge in [0.25, 0.3) is 11.6 Å². The highest BCUT2D eigenvalue weighted by molar-refractivity contribution is 5.98. The van der Waals surface area contributed by atoms with Crippen LogP contribution in [0.4, 0.5) is 11.4 Å². The van der Waals surface area contributed by atoms with Gasteiger partial charge < -0.3 is 19.5 Å². The van der Waals surface area contributed by atoms with Gasteiger partial charge >= 0.3 is 5.97 Å². The molecule has 0 radical (unpaired) electrons. The largest absolute Gasteiger partial charge is 0.497 e. The van der Waals surface area contributed by atoms with Crippen LogP contribution in [0, 0.1) is 10.1 Å². The quantitative estimate of drug-likeness (QED) is 0.450. The smallest absolute Gasteiger partial charge is 0.338 e. The van der Waals surface area contributed by atoms with Gasteiger partial charge in [-0.15, -0.1) is 0 Å². The zero-order chi connectivity index (χ0) is 20.0. The molecule has 142 valence electrons. The third-order valence-electron chi connectivity index (χ3n) is 3.63. The van der Waals surface area contributed by atoms with Crippen molar-refractivity contribution in [2.24, 2.45) is 0 Å². The first-order valence-corrected chi connectivity index (χ1v) is 7.84. The monoisotopic (exact) mass is 374 g/mol.